The summed E-state index contributed by atoms with van der Waals surface area (Å²) < 4.78 is 0. The summed E-state index contributed by atoms with van der Waals surface area (Å²) in [4.78, 5) is 71.6. The standard InChI is InChI=1S/C22H13N5O9/c28-20(15-4-1-2-6-17(15)26(33)34)23(12-13-8-10-14(11-9-13)25(31)32)24-21(29)16-5-3-7-18(27(35)36)19(16)22(24)30/h1-11H,12H2. The molecule has 180 valence electrons. The van der Waals surface area contributed by atoms with Crippen LogP contribution in [0.4, 0.5) is 17.1 Å². The van der Waals surface area contributed by atoms with Crippen molar-refractivity contribution in [2.75, 3.05) is 0 Å². The third-order valence-electron chi connectivity index (χ3n) is 5.35. The number of para-hydroxylation sites is 1. The molecule has 0 saturated heterocycles. The van der Waals surface area contributed by atoms with E-state index in [0.717, 1.165) is 30.3 Å². The maximum Gasteiger partial charge on any atom is 0.287 e. The van der Waals surface area contributed by atoms with Gasteiger partial charge in [0.15, 0.2) is 0 Å². The van der Waals surface area contributed by atoms with Crippen molar-refractivity contribution >= 4 is 34.8 Å². The number of nitrogens with zero attached hydrogens (tertiary/aromatic N) is 5. The van der Waals surface area contributed by atoms with Gasteiger partial charge in [-0.1, -0.05) is 30.3 Å². The monoisotopic (exact) mass is 491 g/mol. The Hall–Kier alpha value is -5.53. The fraction of sp³-hybridized carbons (Fsp3) is 0.0455. The minimum atomic E-state index is -1.17. The number of hydrazine groups is 1. The molecule has 0 aromatic heterocycles. The molecule has 3 aromatic carbocycles. The van der Waals surface area contributed by atoms with Gasteiger partial charge < -0.3 is 0 Å². The van der Waals surface area contributed by atoms with Crippen molar-refractivity contribution in [1.29, 1.82) is 0 Å². The normalized spacial score (nSPS) is 12.3. The van der Waals surface area contributed by atoms with Gasteiger partial charge >= 0.3 is 0 Å². The van der Waals surface area contributed by atoms with Gasteiger partial charge in [0.05, 0.1) is 26.9 Å². The Bertz CT molecular complexity index is 1470. The molecule has 1 aliphatic rings. The van der Waals surface area contributed by atoms with Crippen LogP contribution in [0.25, 0.3) is 0 Å². The summed E-state index contributed by atoms with van der Waals surface area (Å²) in [6, 6.07) is 13.1. The predicted molar refractivity (Wildman–Crippen MR) is 120 cm³/mol. The van der Waals surface area contributed by atoms with Crippen molar-refractivity contribution < 1.29 is 29.2 Å². The lowest BCUT2D eigenvalue weighted by Gasteiger charge is -2.30. The summed E-state index contributed by atoms with van der Waals surface area (Å²) in [7, 11) is 0. The zero-order valence-electron chi connectivity index (χ0n) is 18.0. The van der Waals surface area contributed by atoms with Gasteiger partial charge in [0.2, 0.25) is 0 Å². The molecule has 0 aliphatic carbocycles. The number of nitro groups is 3. The van der Waals surface area contributed by atoms with Crippen molar-refractivity contribution in [3.63, 3.8) is 0 Å². The highest BCUT2D eigenvalue weighted by molar-refractivity contribution is 6.23. The summed E-state index contributed by atoms with van der Waals surface area (Å²) in [6.07, 6.45) is 0. The molecule has 3 amide bonds. The number of carbonyl (C=O) groups is 3. The van der Waals surface area contributed by atoms with Crippen molar-refractivity contribution in [2.24, 2.45) is 0 Å². The number of imide groups is 1. The summed E-state index contributed by atoms with van der Waals surface area (Å²) >= 11 is 0. The Morgan fingerprint density at radius 3 is 1.97 bits per heavy atom. The van der Waals surface area contributed by atoms with Crippen LogP contribution in [0, 0.1) is 30.3 Å². The third-order valence-corrected chi connectivity index (χ3v) is 5.35. The highest BCUT2D eigenvalue weighted by Crippen LogP contribution is 2.33. The highest BCUT2D eigenvalue weighted by atomic mass is 16.6. The first-order valence-corrected chi connectivity index (χ1v) is 10.1. The van der Waals surface area contributed by atoms with Gasteiger partial charge in [-0.25, -0.2) is 5.01 Å². The maximum absolute atomic E-state index is 13.5. The molecule has 0 spiro atoms. The van der Waals surface area contributed by atoms with Crippen LogP contribution in [0.2, 0.25) is 0 Å². The van der Waals surface area contributed by atoms with Crippen LogP contribution in [-0.4, -0.2) is 42.5 Å². The third kappa shape index (κ3) is 3.98. The van der Waals surface area contributed by atoms with E-state index in [1.54, 1.807) is 0 Å². The average molecular weight is 491 g/mol. The van der Waals surface area contributed by atoms with E-state index in [2.05, 4.69) is 0 Å². The Balaban J connectivity index is 1.83. The minimum absolute atomic E-state index is 0.235. The summed E-state index contributed by atoms with van der Waals surface area (Å²) in [5.74, 6) is -3.33. The first-order chi connectivity index (χ1) is 17.1. The first-order valence-electron chi connectivity index (χ1n) is 10.1. The van der Waals surface area contributed by atoms with Gasteiger partial charge in [-0.2, -0.15) is 5.01 Å². The second-order valence-electron chi connectivity index (χ2n) is 7.44. The number of amides is 3. The number of hydrogen-bond donors (Lipinski definition) is 0. The molecule has 0 atom stereocenters. The molecular formula is C22H13N5O9. The van der Waals surface area contributed by atoms with Gasteiger partial charge in [0.1, 0.15) is 11.1 Å². The van der Waals surface area contributed by atoms with Gasteiger partial charge in [-0.05, 0) is 17.7 Å². The summed E-state index contributed by atoms with van der Waals surface area (Å²) in [5.41, 5.74) is -2.57. The fourth-order valence-corrected chi connectivity index (χ4v) is 3.71. The second-order valence-corrected chi connectivity index (χ2v) is 7.44. The second kappa shape index (κ2) is 9.02. The minimum Gasteiger partial charge on any atom is -0.267 e. The zero-order valence-corrected chi connectivity index (χ0v) is 18.0. The van der Waals surface area contributed by atoms with Crippen molar-refractivity contribution in [3.05, 3.63) is 119 Å². The number of benzene rings is 3. The van der Waals surface area contributed by atoms with Crippen LogP contribution in [0.5, 0.6) is 0 Å². The molecule has 0 fully saturated rings. The zero-order chi connectivity index (χ0) is 26.1. The lowest BCUT2D eigenvalue weighted by atomic mass is 10.1. The molecule has 0 unspecified atom stereocenters. The molecular weight excluding hydrogens is 478 g/mol. The van der Waals surface area contributed by atoms with E-state index in [4.69, 9.17) is 0 Å². The molecule has 1 aliphatic heterocycles. The van der Waals surface area contributed by atoms with Gasteiger partial charge in [-0.15, -0.1) is 0 Å². The topological polar surface area (TPSA) is 187 Å². The maximum atomic E-state index is 13.5. The molecule has 0 saturated carbocycles. The molecule has 0 N–H and O–H groups in total. The summed E-state index contributed by atoms with van der Waals surface area (Å²) in [5, 5.41) is 34.9. The SMILES string of the molecule is O=C(c1ccccc1[N+](=O)[O-])N(Cc1ccc([N+](=O)[O-])cc1)N1C(=O)c2cccc([N+](=O)[O-])c2C1=O. The van der Waals surface area contributed by atoms with Gasteiger partial charge in [0.25, 0.3) is 34.8 Å². The molecule has 3 aromatic rings. The van der Waals surface area contributed by atoms with E-state index in [0.29, 0.717) is 10.0 Å². The Labute approximate surface area is 200 Å². The number of hydrogen-bond acceptors (Lipinski definition) is 9. The molecule has 14 heteroatoms. The molecule has 0 bridgehead atoms. The number of carbonyl (C=O) groups excluding carboxylic acids is 3. The Kier molecular flexibility index (Phi) is 5.92. The highest BCUT2D eigenvalue weighted by Gasteiger charge is 2.46. The molecule has 14 nitrogen and oxygen atoms in total. The number of rotatable bonds is 7. The average Bonchev–Trinajstić information content (AvgIpc) is 3.12. The Morgan fingerprint density at radius 2 is 1.36 bits per heavy atom. The summed E-state index contributed by atoms with van der Waals surface area (Å²) in [6.45, 7) is -0.512. The quantitative estimate of drug-likeness (QED) is 0.271. The van der Waals surface area contributed by atoms with E-state index < -0.39 is 61.5 Å². The largest absolute Gasteiger partial charge is 0.287 e. The predicted octanol–water partition coefficient (Wildman–Crippen LogP) is 3.26. The lowest BCUT2D eigenvalue weighted by molar-refractivity contribution is -0.385. The van der Waals surface area contributed by atoms with Crippen LogP contribution in [0.1, 0.15) is 36.6 Å². The number of non-ortho nitro benzene ring substituents is 1. The van der Waals surface area contributed by atoms with Gasteiger partial charge in [-0.3, -0.25) is 44.7 Å². The van der Waals surface area contributed by atoms with Crippen molar-refractivity contribution in [2.45, 2.75) is 6.54 Å². The number of fused-ring (bicyclic) bond motifs is 1. The van der Waals surface area contributed by atoms with Crippen molar-refractivity contribution in [1.82, 2.24) is 10.0 Å². The van der Waals surface area contributed by atoms with E-state index in [9.17, 15) is 44.7 Å². The smallest absolute Gasteiger partial charge is 0.267 e. The first kappa shape index (κ1) is 23.6. The fourth-order valence-electron chi connectivity index (χ4n) is 3.71. The van der Waals surface area contributed by atoms with E-state index in [-0.39, 0.29) is 16.8 Å². The Morgan fingerprint density at radius 1 is 0.750 bits per heavy atom. The van der Waals surface area contributed by atoms with Crippen LogP contribution >= 0.6 is 0 Å². The molecule has 0 radical (unpaired) electrons. The molecule has 1 heterocycles. The molecule has 4 rings (SSSR count). The van der Waals surface area contributed by atoms with Crippen molar-refractivity contribution in [3.8, 4) is 0 Å². The van der Waals surface area contributed by atoms with Gasteiger partial charge in [0, 0.05) is 24.3 Å². The van der Waals surface area contributed by atoms with Crippen LogP contribution < -0.4 is 0 Å². The molecule has 36 heavy (non-hydrogen) atoms. The van der Waals surface area contributed by atoms with E-state index >= 15 is 0 Å². The van der Waals surface area contributed by atoms with E-state index in [1.807, 2.05) is 0 Å². The van der Waals surface area contributed by atoms with E-state index in [1.165, 1.54) is 36.4 Å². The van der Waals surface area contributed by atoms with Crippen LogP contribution in [0.3, 0.4) is 0 Å². The number of nitro benzene ring substituents is 3. The van der Waals surface area contributed by atoms with Crippen LogP contribution in [0.15, 0.2) is 66.7 Å². The van der Waals surface area contributed by atoms with Crippen LogP contribution in [-0.2, 0) is 6.54 Å². The lowest BCUT2D eigenvalue weighted by Crippen LogP contribution is -2.49.